The Balaban J connectivity index is 1.45. The molecule has 24 heavy (non-hydrogen) atoms. The first-order chi connectivity index (χ1) is 11.8. The maximum Gasteiger partial charge on any atom is 0.252 e. The number of aromatic nitrogens is 2. The highest BCUT2D eigenvalue weighted by Crippen LogP contribution is 2.15. The van der Waals surface area contributed by atoms with E-state index in [-0.39, 0.29) is 5.91 Å². The number of rotatable bonds is 6. The Hall–Kier alpha value is -2.31. The lowest BCUT2D eigenvalue weighted by Gasteiger charge is -2.26. The number of pyridine rings is 2. The van der Waals surface area contributed by atoms with Crippen molar-refractivity contribution >= 4 is 5.91 Å². The van der Waals surface area contributed by atoms with Crippen molar-refractivity contribution in [3.8, 4) is 11.3 Å². The first-order valence-electron chi connectivity index (χ1n) is 8.28. The van der Waals surface area contributed by atoms with Crippen molar-refractivity contribution in [2.45, 2.75) is 6.42 Å². The van der Waals surface area contributed by atoms with Crippen LogP contribution < -0.4 is 5.32 Å². The van der Waals surface area contributed by atoms with E-state index in [4.69, 9.17) is 4.74 Å². The van der Waals surface area contributed by atoms with Crippen molar-refractivity contribution < 1.29 is 9.53 Å². The molecule has 1 N–H and O–H groups in total. The minimum Gasteiger partial charge on any atom is -0.379 e. The van der Waals surface area contributed by atoms with Crippen LogP contribution in [0.3, 0.4) is 0 Å². The zero-order chi connectivity index (χ0) is 16.6. The van der Waals surface area contributed by atoms with Gasteiger partial charge in [-0.25, -0.2) is 0 Å². The Morgan fingerprint density at radius 2 is 2.08 bits per heavy atom. The van der Waals surface area contributed by atoms with Crippen LogP contribution in [0.1, 0.15) is 16.8 Å². The molecule has 0 atom stereocenters. The van der Waals surface area contributed by atoms with Crippen LogP contribution in [0.5, 0.6) is 0 Å². The van der Waals surface area contributed by atoms with Gasteiger partial charge in [0.05, 0.1) is 24.5 Å². The molecule has 0 saturated carbocycles. The van der Waals surface area contributed by atoms with E-state index in [0.717, 1.165) is 50.5 Å². The van der Waals surface area contributed by atoms with Gasteiger partial charge < -0.3 is 10.1 Å². The zero-order valence-electron chi connectivity index (χ0n) is 13.6. The average molecular weight is 326 g/mol. The predicted molar refractivity (Wildman–Crippen MR) is 91.7 cm³/mol. The van der Waals surface area contributed by atoms with Gasteiger partial charge in [-0.05, 0) is 37.2 Å². The molecule has 3 heterocycles. The number of ether oxygens (including phenoxy) is 1. The summed E-state index contributed by atoms with van der Waals surface area (Å²) in [5.41, 5.74) is 2.33. The van der Waals surface area contributed by atoms with Crippen LogP contribution in [0.4, 0.5) is 0 Å². The van der Waals surface area contributed by atoms with E-state index in [9.17, 15) is 4.79 Å². The van der Waals surface area contributed by atoms with Crippen LogP contribution in [0.15, 0.2) is 42.9 Å². The van der Waals surface area contributed by atoms with Gasteiger partial charge in [0.15, 0.2) is 0 Å². The smallest absolute Gasteiger partial charge is 0.252 e. The van der Waals surface area contributed by atoms with E-state index < -0.39 is 0 Å². The predicted octanol–water partition coefficient (Wildman–Crippen LogP) is 1.60. The molecule has 2 aromatic heterocycles. The molecule has 0 aromatic carbocycles. The summed E-state index contributed by atoms with van der Waals surface area (Å²) in [5, 5.41) is 2.95. The van der Waals surface area contributed by atoms with Crippen molar-refractivity contribution in [1.82, 2.24) is 20.2 Å². The number of nitrogens with one attached hydrogen (secondary N) is 1. The molecule has 126 valence electrons. The molecule has 1 aliphatic heterocycles. The minimum atomic E-state index is -0.0813. The highest BCUT2D eigenvalue weighted by atomic mass is 16.5. The molecular formula is C18H22N4O2. The molecule has 0 radical (unpaired) electrons. The Labute approximate surface area is 141 Å². The quantitative estimate of drug-likeness (QED) is 0.817. The Kier molecular flexibility index (Phi) is 5.87. The first kappa shape index (κ1) is 16.5. The molecule has 1 aliphatic rings. The van der Waals surface area contributed by atoms with E-state index in [2.05, 4.69) is 20.2 Å². The Bertz CT molecular complexity index is 640. The van der Waals surface area contributed by atoms with Crippen molar-refractivity contribution in [2.24, 2.45) is 0 Å². The summed E-state index contributed by atoms with van der Waals surface area (Å²) in [6.07, 6.45) is 6.03. The van der Waals surface area contributed by atoms with Crippen LogP contribution >= 0.6 is 0 Å². The van der Waals surface area contributed by atoms with Crippen LogP contribution in [0.2, 0.25) is 0 Å². The minimum absolute atomic E-state index is 0.0813. The third kappa shape index (κ3) is 4.59. The Morgan fingerprint density at radius 1 is 1.21 bits per heavy atom. The van der Waals surface area contributed by atoms with E-state index in [1.54, 1.807) is 24.7 Å². The number of nitrogens with zero attached hydrogens (tertiary/aromatic N) is 3. The van der Waals surface area contributed by atoms with E-state index >= 15 is 0 Å². The normalized spacial score (nSPS) is 15.2. The fourth-order valence-electron chi connectivity index (χ4n) is 2.64. The summed E-state index contributed by atoms with van der Waals surface area (Å²) in [5.74, 6) is -0.0813. The number of morpholine rings is 1. The second-order valence-corrected chi connectivity index (χ2v) is 5.74. The van der Waals surface area contributed by atoms with Gasteiger partial charge in [-0.1, -0.05) is 0 Å². The molecule has 1 amide bonds. The first-order valence-corrected chi connectivity index (χ1v) is 8.28. The second kappa shape index (κ2) is 8.52. The van der Waals surface area contributed by atoms with Crippen LogP contribution in [0, 0.1) is 0 Å². The molecule has 0 bridgehead atoms. The van der Waals surface area contributed by atoms with Crippen molar-refractivity contribution in [3.05, 3.63) is 48.4 Å². The summed E-state index contributed by atoms with van der Waals surface area (Å²) >= 11 is 0. The molecule has 6 heteroatoms. The van der Waals surface area contributed by atoms with E-state index in [0.29, 0.717) is 12.1 Å². The van der Waals surface area contributed by atoms with Gasteiger partial charge in [-0.2, -0.15) is 0 Å². The topological polar surface area (TPSA) is 67.4 Å². The fourth-order valence-corrected chi connectivity index (χ4v) is 2.64. The summed E-state index contributed by atoms with van der Waals surface area (Å²) in [7, 11) is 0. The Morgan fingerprint density at radius 3 is 2.79 bits per heavy atom. The third-order valence-corrected chi connectivity index (χ3v) is 4.02. The zero-order valence-corrected chi connectivity index (χ0v) is 13.6. The second-order valence-electron chi connectivity index (χ2n) is 5.74. The largest absolute Gasteiger partial charge is 0.379 e. The van der Waals surface area contributed by atoms with E-state index in [1.165, 1.54) is 0 Å². The average Bonchev–Trinajstić information content (AvgIpc) is 2.67. The lowest BCUT2D eigenvalue weighted by Crippen LogP contribution is -2.38. The van der Waals surface area contributed by atoms with Crippen LogP contribution in [-0.4, -0.2) is 60.2 Å². The monoisotopic (exact) mass is 326 g/mol. The van der Waals surface area contributed by atoms with Crippen molar-refractivity contribution in [1.29, 1.82) is 0 Å². The van der Waals surface area contributed by atoms with Gasteiger partial charge in [0.1, 0.15) is 0 Å². The highest BCUT2D eigenvalue weighted by Gasteiger charge is 2.10. The maximum atomic E-state index is 12.1. The molecule has 2 aromatic rings. The van der Waals surface area contributed by atoms with Crippen molar-refractivity contribution in [2.75, 3.05) is 39.4 Å². The van der Waals surface area contributed by atoms with Gasteiger partial charge in [0.25, 0.3) is 5.91 Å². The lowest BCUT2D eigenvalue weighted by molar-refractivity contribution is 0.0374. The molecule has 0 unspecified atom stereocenters. The molecule has 1 fully saturated rings. The molecule has 0 spiro atoms. The summed E-state index contributed by atoms with van der Waals surface area (Å²) in [6.45, 7) is 5.23. The maximum absolute atomic E-state index is 12.1. The van der Waals surface area contributed by atoms with Gasteiger partial charge >= 0.3 is 0 Å². The molecule has 6 nitrogen and oxygen atoms in total. The summed E-state index contributed by atoms with van der Waals surface area (Å²) < 4.78 is 5.32. The highest BCUT2D eigenvalue weighted by molar-refractivity contribution is 5.94. The number of hydrogen-bond acceptors (Lipinski definition) is 5. The van der Waals surface area contributed by atoms with Crippen molar-refractivity contribution in [3.63, 3.8) is 0 Å². The van der Waals surface area contributed by atoms with E-state index in [1.807, 2.05) is 18.2 Å². The fraction of sp³-hybridized carbons (Fsp3) is 0.389. The summed E-state index contributed by atoms with van der Waals surface area (Å²) in [4.78, 5) is 22.9. The molecule has 0 aliphatic carbocycles. The molecule has 3 rings (SSSR count). The summed E-state index contributed by atoms with van der Waals surface area (Å²) in [6, 6.07) is 7.46. The number of hydrogen-bond donors (Lipinski definition) is 1. The third-order valence-electron chi connectivity index (χ3n) is 4.02. The number of carbonyl (C=O) groups excluding carboxylic acids is 1. The van der Waals surface area contributed by atoms with Gasteiger partial charge in [0, 0.05) is 43.8 Å². The number of carbonyl (C=O) groups is 1. The molecule has 1 saturated heterocycles. The van der Waals surface area contributed by atoms with Gasteiger partial charge in [0.2, 0.25) is 0 Å². The van der Waals surface area contributed by atoms with Gasteiger partial charge in [-0.15, -0.1) is 0 Å². The van der Waals surface area contributed by atoms with Gasteiger partial charge in [-0.3, -0.25) is 19.7 Å². The number of amides is 1. The standard InChI is InChI=1S/C18H22N4O2/c23-18(20-7-2-8-22-9-11-24-12-10-22)16-4-5-17(21-14-16)15-3-1-6-19-13-15/h1,3-6,13-14H,2,7-12H2,(H,20,23). The lowest BCUT2D eigenvalue weighted by atomic mass is 10.1. The molecular weight excluding hydrogens is 304 g/mol. The SMILES string of the molecule is O=C(NCCCN1CCOCC1)c1ccc(-c2cccnc2)nc1. The van der Waals surface area contributed by atoms with Crippen LogP contribution in [0.25, 0.3) is 11.3 Å². The van der Waals surface area contributed by atoms with Crippen LogP contribution in [-0.2, 0) is 4.74 Å².